The third kappa shape index (κ3) is 4.57. The van der Waals surface area contributed by atoms with Crippen molar-refractivity contribution in [2.45, 2.75) is 0 Å². The van der Waals surface area contributed by atoms with E-state index in [-0.39, 0.29) is 0 Å². The maximum absolute atomic E-state index is 6.57. The molecule has 10 aromatic rings. The van der Waals surface area contributed by atoms with Crippen molar-refractivity contribution in [2.75, 3.05) is 0 Å². The smallest absolute Gasteiger partial charge is 0.164 e. The van der Waals surface area contributed by atoms with Gasteiger partial charge in [0.05, 0.1) is 0 Å². The number of hydrogen-bond acceptors (Lipinski definition) is 4. The molecule has 0 bridgehead atoms. The predicted molar refractivity (Wildman–Crippen MR) is 201 cm³/mol. The van der Waals surface area contributed by atoms with Crippen LogP contribution in [-0.4, -0.2) is 15.0 Å². The summed E-state index contributed by atoms with van der Waals surface area (Å²) in [5.41, 5.74) is 6.85. The second kappa shape index (κ2) is 11.0. The van der Waals surface area contributed by atoms with Gasteiger partial charge in [-0.25, -0.2) is 15.0 Å². The van der Waals surface area contributed by atoms with E-state index in [9.17, 15) is 0 Å². The number of aromatic nitrogens is 3. The van der Waals surface area contributed by atoms with Gasteiger partial charge in [0, 0.05) is 32.8 Å². The molecule has 49 heavy (non-hydrogen) atoms. The molecule has 4 nitrogen and oxygen atoms in total. The van der Waals surface area contributed by atoms with E-state index in [4.69, 9.17) is 19.4 Å². The maximum Gasteiger partial charge on any atom is 0.164 e. The van der Waals surface area contributed by atoms with Gasteiger partial charge in [-0.3, -0.25) is 0 Å². The van der Waals surface area contributed by atoms with Crippen LogP contribution < -0.4 is 0 Å². The third-order valence-corrected chi connectivity index (χ3v) is 9.50. The van der Waals surface area contributed by atoms with Crippen molar-refractivity contribution in [1.82, 2.24) is 15.0 Å². The molecular formula is C45H27N3O. The highest BCUT2D eigenvalue weighted by Crippen LogP contribution is 2.42. The fraction of sp³-hybridized carbons (Fsp3) is 0. The van der Waals surface area contributed by atoms with E-state index >= 15 is 0 Å². The summed E-state index contributed by atoms with van der Waals surface area (Å²) in [7, 11) is 0. The Kier molecular flexibility index (Phi) is 6.15. The zero-order valence-electron chi connectivity index (χ0n) is 26.3. The van der Waals surface area contributed by atoms with Crippen LogP contribution in [0.15, 0.2) is 168 Å². The highest BCUT2D eigenvalue weighted by atomic mass is 16.3. The van der Waals surface area contributed by atoms with Crippen molar-refractivity contribution in [3.05, 3.63) is 164 Å². The van der Waals surface area contributed by atoms with Crippen molar-refractivity contribution >= 4 is 54.3 Å². The topological polar surface area (TPSA) is 51.8 Å². The van der Waals surface area contributed by atoms with Gasteiger partial charge in [-0.15, -0.1) is 0 Å². The molecule has 2 heterocycles. The molecular weight excluding hydrogens is 599 g/mol. The molecule has 0 N–H and O–H groups in total. The normalized spacial score (nSPS) is 11.7. The fourth-order valence-electron chi connectivity index (χ4n) is 7.08. The molecule has 0 spiro atoms. The monoisotopic (exact) mass is 625 g/mol. The molecule has 0 saturated heterocycles. The average molecular weight is 626 g/mol. The van der Waals surface area contributed by atoms with Gasteiger partial charge in [-0.2, -0.15) is 0 Å². The molecule has 0 aliphatic rings. The van der Waals surface area contributed by atoms with Crippen LogP contribution in [0, 0.1) is 0 Å². The Hall–Kier alpha value is -6.65. The minimum Gasteiger partial charge on any atom is -0.455 e. The van der Waals surface area contributed by atoms with Crippen LogP contribution in [0.5, 0.6) is 0 Å². The van der Waals surface area contributed by atoms with E-state index in [1.165, 1.54) is 21.7 Å². The molecule has 0 amide bonds. The Morgan fingerprint density at radius 1 is 0.347 bits per heavy atom. The predicted octanol–water partition coefficient (Wildman–Crippen LogP) is 11.9. The SMILES string of the molecule is c1ccc(-c2nc(-c3ccc(-c4ccc5ccccc5c4)cc3)nc(-c3cc4c(oc5ccc6ccccc6c54)c4ccccc34)n2)cc1. The maximum atomic E-state index is 6.57. The lowest BCUT2D eigenvalue weighted by Crippen LogP contribution is -2.00. The Morgan fingerprint density at radius 3 is 1.71 bits per heavy atom. The zero-order chi connectivity index (χ0) is 32.3. The minimum atomic E-state index is 0.621. The Labute approximate surface area is 282 Å². The first-order valence-electron chi connectivity index (χ1n) is 16.4. The van der Waals surface area contributed by atoms with Crippen LogP contribution in [0.1, 0.15) is 0 Å². The van der Waals surface area contributed by atoms with E-state index < -0.39 is 0 Å². The second-order valence-electron chi connectivity index (χ2n) is 12.4. The fourth-order valence-corrected chi connectivity index (χ4v) is 7.08. The molecule has 0 unspecified atom stereocenters. The van der Waals surface area contributed by atoms with Crippen LogP contribution in [0.25, 0.3) is 99.5 Å². The van der Waals surface area contributed by atoms with Crippen LogP contribution in [0.4, 0.5) is 0 Å². The molecule has 2 aromatic heterocycles. The first-order valence-corrected chi connectivity index (χ1v) is 16.4. The first kappa shape index (κ1) is 27.5. The summed E-state index contributed by atoms with van der Waals surface area (Å²) < 4.78 is 6.57. The van der Waals surface area contributed by atoms with Gasteiger partial charge < -0.3 is 4.42 Å². The summed E-state index contributed by atoms with van der Waals surface area (Å²) >= 11 is 0. The van der Waals surface area contributed by atoms with Gasteiger partial charge in [-0.1, -0.05) is 146 Å². The zero-order valence-corrected chi connectivity index (χ0v) is 26.3. The van der Waals surface area contributed by atoms with Crippen LogP contribution in [-0.2, 0) is 0 Å². The third-order valence-electron chi connectivity index (χ3n) is 9.50. The Bertz CT molecular complexity index is 2870. The molecule has 0 aliphatic carbocycles. The second-order valence-corrected chi connectivity index (χ2v) is 12.4. The molecule has 0 atom stereocenters. The minimum absolute atomic E-state index is 0.621. The van der Waals surface area contributed by atoms with E-state index in [0.717, 1.165) is 60.4 Å². The summed E-state index contributed by atoms with van der Waals surface area (Å²) in [6, 6.07) is 56.9. The van der Waals surface area contributed by atoms with Gasteiger partial charge in [0.1, 0.15) is 11.2 Å². The lowest BCUT2D eigenvalue weighted by molar-refractivity contribution is 0.673. The van der Waals surface area contributed by atoms with Gasteiger partial charge in [0.15, 0.2) is 17.5 Å². The summed E-state index contributed by atoms with van der Waals surface area (Å²) in [5.74, 6) is 1.88. The first-order chi connectivity index (χ1) is 24.3. The Morgan fingerprint density at radius 2 is 0.918 bits per heavy atom. The van der Waals surface area contributed by atoms with Crippen molar-refractivity contribution in [3.63, 3.8) is 0 Å². The average Bonchev–Trinajstić information content (AvgIpc) is 3.57. The standard InChI is InChI=1S/C45H27N3O/c1-2-12-31(13-3-1)43-46-44(32-21-18-29(19-22-32)34-23-20-28-10-4-5-14-33(28)26-34)48-45(47-43)38-27-39-41-35-15-7-6-11-30(35)24-25-40(41)49-42(39)37-17-9-8-16-36(37)38/h1-27H. The molecule has 10 rings (SSSR count). The van der Waals surface area contributed by atoms with Gasteiger partial charge in [-0.05, 0) is 56.3 Å². The van der Waals surface area contributed by atoms with Gasteiger partial charge >= 0.3 is 0 Å². The summed E-state index contributed by atoms with van der Waals surface area (Å²) in [5, 5.41) is 8.99. The summed E-state index contributed by atoms with van der Waals surface area (Å²) in [6.07, 6.45) is 0. The van der Waals surface area contributed by atoms with E-state index in [1.54, 1.807) is 0 Å². The lowest BCUT2D eigenvalue weighted by Gasteiger charge is -2.11. The quantitative estimate of drug-likeness (QED) is 0.195. The molecule has 0 radical (unpaired) electrons. The highest BCUT2D eigenvalue weighted by molar-refractivity contribution is 6.25. The number of nitrogens with zero attached hydrogens (tertiary/aromatic N) is 3. The van der Waals surface area contributed by atoms with Crippen molar-refractivity contribution in [2.24, 2.45) is 0 Å². The number of rotatable bonds is 4. The van der Waals surface area contributed by atoms with Crippen LogP contribution in [0.2, 0.25) is 0 Å². The highest BCUT2D eigenvalue weighted by Gasteiger charge is 2.20. The summed E-state index contributed by atoms with van der Waals surface area (Å²) in [6.45, 7) is 0. The van der Waals surface area contributed by atoms with E-state index in [2.05, 4.69) is 133 Å². The molecule has 0 fully saturated rings. The van der Waals surface area contributed by atoms with Crippen LogP contribution >= 0.6 is 0 Å². The molecule has 0 saturated carbocycles. The number of hydrogen-bond donors (Lipinski definition) is 0. The van der Waals surface area contributed by atoms with Gasteiger partial charge in [0.25, 0.3) is 0 Å². The van der Waals surface area contributed by atoms with Crippen molar-refractivity contribution in [1.29, 1.82) is 0 Å². The van der Waals surface area contributed by atoms with E-state index in [0.29, 0.717) is 17.5 Å². The molecule has 228 valence electrons. The molecule has 4 heteroatoms. The molecule has 8 aromatic carbocycles. The summed E-state index contributed by atoms with van der Waals surface area (Å²) in [4.78, 5) is 15.3. The van der Waals surface area contributed by atoms with Gasteiger partial charge in [0.2, 0.25) is 0 Å². The number of benzene rings is 8. The number of fused-ring (bicyclic) bond motifs is 8. The molecule has 0 aliphatic heterocycles. The largest absolute Gasteiger partial charge is 0.455 e. The van der Waals surface area contributed by atoms with E-state index in [1.807, 2.05) is 30.3 Å². The van der Waals surface area contributed by atoms with Crippen molar-refractivity contribution in [3.8, 4) is 45.3 Å². The van der Waals surface area contributed by atoms with Crippen molar-refractivity contribution < 1.29 is 4.42 Å². The Balaban J connectivity index is 1.18. The van der Waals surface area contributed by atoms with Crippen LogP contribution in [0.3, 0.4) is 0 Å². The number of furan rings is 1. The lowest BCUT2D eigenvalue weighted by atomic mass is 9.97.